The average molecular weight is 313 g/mol. The van der Waals surface area contributed by atoms with Gasteiger partial charge >= 0.3 is 5.97 Å². The fourth-order valence-electron chi connectivity index (χ4n) is 1.07. The summed E-state index contributed by atoms with van der Waals surface area (Å²) in [7, 11) is 0. The summed E-state index contributed by atoms with van der Waals surface area (Å²) in [5.41, 5.74) is 3.92. The minimum atomic E-state index is -0.395. The molecule has 0 saturated heterocycles. The van der Waals surface area contributed by atoms with Gasteiger partial charge in [0, 0.05) is 4.47 Å². The van der Waals surface area contributed by atoms with Crippen molar-refractivity contribution in [2.75, 3.05) is 12.0 Å². The van der Waals surface area contributed by atoms with E-state index in [1.807, 2.05) is 38.1 Å². The lowest BCUT2D eigenvalue weighted by Crippen LogP contribution is -2.18. The molecule has 1 rings (SSSR count). The Morgan fingerprint density at radius 1 is 1.39 bits per heavy atom. The topological polar surface area (TPSA) is 50.7 Å². The van der Waals surface area contributed by atoms with E-state index in [1.54, 1.807) is 6.92 Å². The number of hydrogen-bond donors (Lipinski definition) is 1. The van der Waals surface area contributed by atoms with E-state index in [1.165, 1.54) is 0 Å². The van der Waals surface area contributed by atoms with E-state index >= 15 is 0 Å². The molecule has 4 nitrogen and oxygen atoms in total. The molecule has 18 heavy (non-hydrogen) atoms. The zero-order valence-electron chi connectivity index (χ0n) is 10.7. The van der Waals surface area contributed by atoms with E-state index in [0.29, 0.717) is 18.2 Å². The molecule has 0 aliphatic heterocycles. The second-order valence-electron chi connectivity index (χ2n) is 4.31. The Labute approximate surface area is 116 Å². The highest BCUT2D eigenvalue weighted by atomic mass is 79.9. The Morgan fingerprint density at radius 2 is 2.00 bits per heavy atom. The van der Waals surface area contributed by atoms with Crippen molar-refractivity contribution in [3.8, 4) is 0 Å². The van der Waals surface area contributed by atoms with Crippen LogP contribution in [-0.4, -0.2) is 18.3 Å². The maximum Gasteiger partial charge on any atom is 0.354 e. The largest absolute Gasteiger partial charge is 0.461 e. The first-order chi connectivity index (χ1) is 8.49. The van der Waals surface area contributed by atoms with Gasteiger partial charge in [0.2, 0.25) is 0 Å². The Balaban J connectivity index is 2.50. The van der Waals surface area contributed by atoms with Gasteiger partial charge in [0.05, 0.1) is 12.3 Å². The predicted octanol–water partition coefficient (Wildman–Crippen LogP) is 3.44. The highest BCUT2D eigenvalue weighted by Gasteiger charge is 2.08. The van der Waals surface area contributed by atoms with Crippen LogP contribution in [-0.2, 0) is 9.53 Å². The predicted molar refractivity (Wildman–Crippen MR) is 76.7 cm³/mol. The second-order valence-corrected chi connectivity index (χ2v) is 5.22. The summed E-state index contributed by atoms with van der Waals surface area (Å²) in [5, 5.41) is 3.98. The lowest BCUT2D eigenvalue weighted by Gasteiger charge is -2.07. The van der Waals surface area contributed by atoms with E-state index in [9.17, 15) is 4.79 Å². The Bertz CT molecular complexity index is 427. The van der Waals surface area contributed by atoms with Gasteiger partial charge in [-0.05, 0) is 37.1 Å². The van der Waals surface area contributed by atoms with Crippen molar-refractivity contribution in [2.24, 2.45) is 11.0 Å². The lowest BCUT2D eigenvalue weighted by atomic mass is 10.2. The van der Waals surface area contributed by atoms with Crippen LogP contribution < -0.4 is 5.43 Å². The summed E-state index contributed by atoms with van der Waals surface area (Å²) in [4.78, 5) is 11.5. The zero-order valence-corrected chi connectivity index (χ0v) is 12.3. The molecule has 0 saturated carbocycles. The molecule has 1 N–H and O–H groups in total. The Kier molecular flexibility index (Phi) is 5.85. The third kappa shape index (κ3) is 5.31. The van der Waals surface area contributed by atoms with Crippen molar-refractivity contribution in [3.05, 3.63) is 28.7 Å². The minimum Gasteiger partial charge on any atom is -0.461 e. The molecule has 0 atom stereocenters. The number of anilines is 1. The van der Waals surface area contributed by atoms with Gasteiger partial charge in [-0.15, -0.1) is 0 Å². The van der Waals surface area contributed by atoms with Crippen LogP contribution in [0.1, 0.15) is 20.8 Å². The van der Waals surface area contributed by atoms with Gasteiger partial charge in [-0.1, -0.05) is 29.8 Å². The van der Waals surface area contributed by atoms with Gasteiger partial charge in [0.25, 0.3) is 0 Å². The molecule has 98 valence electrons. The summed E-state index contributed by atoms with van der Waals surface area (Å²) in [6.45, 7) is 6.00. The number of nitrogens with zero attached hydrogens (tertiary/aromatic N) is 1. The lowest BCUT2D eigenvalue weighted by molar-refractivity contribution is -0.136. The van der Waals surface area contributed by atoms with Crippen LogP contribution in [0.15, 0.2) is 33.8 Å². The minimum absolute atomic E-state index is 0.304. The SMILES string of the molecule is C/C(=N\Nc1ccc(Br)cc1)C(=O)OCC(C)C. The monoisotopic (exact) mass is 312 g/mol. The second kappa shape index (κ2) is 7.16. The smallest absolute Gasteiger partial charge is 0.354 e. The molecule has 5 heteroatoms. The summed E-state index contributed by atoms with van der Waals surface area (Å²) in [6, 6.07) is 7.51. The number of hydrazone groups is 1. The van der Waals surface area contributed by atoms with Crippen molar-refractivity contribution in [1.29, 1.82) is 0 Å². The van der Waals surface area contributed by atoms with Crippen molar-refractivity contribution in [1.82, 2.24) is 0 Å². The van der Waals surface area contributed by atoms with Crippen LogP contribution in [0.3, 0.4) is 0 Å². The van der Waals surface area contributed by atoms with Gasteiger partial charge in [-0.25, -0.2) is 4.79 Å². The Morgan fingerprint density at radius 3 is 2.56 bits per heavy atom. The Hall–Kier alpha value is -1.36. The summed E-state index contributed by atoms with van der Waals surface area (Å²) < 4.78 is 6.05. The van der Waals surface area contributed by atoms with E-state index in [0.717, 1.165) is 10.2 Å². The van der Waals surface area contributed by atoms with Crippen molar-refractivity contribution >= 4 is 33.3 Å². The van der Waals surface area contributed by atoms with E-state index in [4.69, 9.17) is 4.74 Å². The van der Waals surface area contributed by atoms with Crippen LogP contribution in [0.2, 0.25) is 0 Å². The maximum atomic E-state index is 11.5. The van der Waals surface area contributed by atoms with Gasteiger partial charge in [-0.3, -0.25) is 5.43 Å². The van der Waals surface area contributed by atoms with Gasteiger partial charge in [0.1, 0.15) is 5.71 Å². The molecule has 1 aromatic carbocycles. The number of nitrogens with one attached hydrogen (secondary N) is 1. The first kappa shape index (κ1) is 14.7. The van der Waals surface area contributed by atoms with Crippen molar-refractivity contribution in [3.63, 3.8) is 0 Å². The molecular formula is C13H17BrN2O2. The van der Waals surface area contributed by atoms with Crippen LogP contribution in [0, 0.1) is 5.92 Å². The van der Waals surface area contributed by atoms with Crippen LogP contribution >= 0.6 is 15.9 Å². The van der Waals surface area contributed by atoms with Crippen molar-refractivity contribution < 1.29 is 9.53 Å². The average Bonchev–Trinajstić information content (AvgIpc) is 2.34. The van der Waals surface area contributed by atoms with E-state index in [-0.39, 0.29) is 0 Å². The first-order valence-corrected chi connectivity index (χ1v) is 6.51. The number of carbonyl (C=O) groups excluding carboxylic acids is 1. The van der Waals surface area contributed by atoms with Crippen molar-refractivity contribution in [2.45, 2.75) is 20.8 Å². The molecule has 0 amide bonds. The molecule has 0 radical (unpaired) electrons. The zero-order chi connectivity index (χ0) is 13.5. The first-order valence-electron chi connectivity index (χ1n) is 5.72. The van der Waals surface area contributed by atoms with Crippen LogP contribution in [0.4, 0.5) is 5.69 Å². The van der Waals surface area contributed by atoms with Gasteiger partial charge in [-0.2, -0.15) is 5.10 Å². The normalized spacial score (nSPS) is 11.5. The standard InChI is InChI=1S/C13H17BrN2O2/c1-9(2)8-18-13(17)10(3)15-16-12-6-4-11(14)5-7-12/h4-7,9,16H,8H2,1-3H3/b15-10+. The molecule has 0 aliphatic rings. The summed E-state index contributed by atoms with van der Waals surface area (Å²) in [6.07, 6.45) is 0. The molecule has 0 spiro atoms. The molecule has 1 aromatic rings. The van der Waals surface area contributed by atoms with Gasteiger partial charge in [0.15, 0.2) is 0 Å². The number of hydrogen-bond acceptors (Lipinski definition) is 4. The fraction of sp³-hybridized carbons (Fsp3) is 0.385. The molecule has 0 fully saturated rings. The number of carbonyl (C=O) groups is 1. The third-order valence-corrected chi connectivity index (χ3v) is 2.57. The summed E-state index contributed by atoms with van der Waals surface area (Å²) >= 11 is 3.35. The third-order valence-electron chi connectivity index (χ3n) is 2.04. The number of esters is 1. The molecule has 0 heterocycles. The number of halogens is 1. The molecule has 0 aromatic heterocycles. The van der Waals surface area contributed by atoms with Crippen LogP contribution in [0.5, 0.6) is 0 Å². The number of benzene rings is 1. The van der Waals surface area contributed by atoms with Gasteiger partial charge < -0.3 is 4.74 Å². The molecular weight excluding hydrogens is 296 g/mol. The molecule has 0 bridgehead atoms. The van der Waals surface area contributed by atoms with E-state index < -0.39 is 5.97 Å². The molecule has 0 aliphatic carbocycles. The fourth-order valence-corrected chi connectivity index (χ4v) is 1.33. The number of rotatable bonds is 5. The van der Waals surface area contributed by atoms with E-state index in [2.05, 4.69) is 26.5 Å². The highest BCUT2D eigenvalue weighted by Crippen LogP contribution is 2.13. The molecule has 0 unspecified atom stereocenters. The summed E-state index contributed by atoms with van der Waals surface area (Å²) in [5.74, 6) is -0.0745. The maximum absolute atomic E-state index is 11.5. The highest BCUT2D eigenvalue weighted by molar-refractivity contribution is 9.10. The quantitative estimate of drug-likeness (QED) is 0.515. The number of ether oxygens (including phenoxy) is 1. The van der Waals surface area contributed by atoms with Crippen LogP contribution in [0.25, 0.3) is 0 Å².